The van der Waals surface area contributed by atoms with Gasteiger partial charge < -0.3 is 9.42 Å². The second-order valence-corrected chi connectivity index (χ2v) is 8.71. The molecule has 0 radical (unpaired) electrons. The molecule has 2 saturated heterocycles. The summed E-state index contributed by atoms with van der Waals surface area (Å²) in [6, 6.07) is 10.5. The molecule has 1 spiro atoms. The number of aromatic nitrogens is 4. The zero-order valence-electron chi connectivity index (χ0n) is 17.6. The van der Waals surface area contributed by atoms with Crippen LogP contribution in [-0.4, -0.2) is 62.2 Å². The van der Waals surface area contributed by atoms with Gasteiger partial charge in [0.25, 0.3) is 5.91 Å². The van der Waals surface area contributed by atoms with Crippen molar-refractivity contribution in [2.24, 2.45) is 5.41 Å². The summed E-state index contributed by atoms with van der Waals surface area (Å²) in [5, 5.41) is 11.4. The average Bonchev–Trinajstić information content (AvgIpc) is 3.38. The van der Waals surface area contributed by atoms with Crippen molar-refractivity contribution in [1.29, 1.82) is 0 Å². The number of carbonyl (C=O) groups is 1. The lowest BCUT2D eigenvalue weighted by atomic mass is 9.71. The molecule has 156 valence electrons. The van der Waals surface area contributed by atoms with Gasteiger partial charge in [-0.25, -0.2) is 4.98 Å². The molecule has 2 aromatic heterocycles. The highest BCUT2D eigenvalue weighted by Gasteiger charge is 2.57. The molecule has 1 unspecified atom stereocenters. The van der Waals surface area contributed by atoms with E-state index in [1.807, 2.05) is 24.8 Å². The lowest BCUT2D eigenvalue weighted by Crippen LogP contribution is -2.61. The Labute approximate surface area is 175 Å². The van der Waals surface area contributed by atoms with Crippen molar-refractivity contribution in [3.05, 3.63) is 64.6 Å². The van der Waals surface area contributed by atoms with Gasteiger partial charge in [0.15, 0.2) is 5.82 Å². The maximum atomic E-state index is 13.1. The maximum Gasteiger partial charge on any atom is 0.259 e. The third-order valence-corrected chi connectivity index (χ3v) is 6.44. The quantitative estimate of drug-likeness (QED) is 0.716. The molecule has 2 aliphatic rings. The second-order valence-electron chi connectivity index (χ2n) is 8.71. The van der Waals surface area contributed by atoms with Gasteiger partial charge in [0.2, 0.25) is 0 Å². The van der Waals surface area contributed by atoms with Crippen LogP contribution in [0.5, 0.6) is 0 Å². The number of amides is 1. The number of aromatic amines is 1. The lowest BCUT2D eigenvalue weighted by molar-refractivity contribution is 0.00162. The number of rotatable bonds is 4. The van der Waals surface area contributed by atoms with Crippen molar-refractivity contribution in [3.8, 4) is 0 Å². The fourth-order valence-electron chi connectivity index (χ4n) is 5.03. The summed E-state index contributed by atoms with van der Waals surface area (Å²) in [5.41, 5.74) is 2.51. The summed E-state index contributed by atoms with van der Waals surface area (Å²) in [7, 11) is 0. The van der Waals surface area contributed by atoms with Crippen molar-refractivity contribution in [2.45, 2.75) is 33.2 Å². The van der Waals surface area contributed by atoms with E-state index in [1.54, 1.807) is 6.92 Å². The highest BCUT2D eigenvalue weighted by Crippen LogP contribution is 2.49. The molecular formula is C22H26N6O2. The van der Waals surface area contributed by atoms with Crippen LogP contribution in [0.1, 0.15) is 44.9 Å². The van der Waals surface area contributed by atoms with Crippen LogP contribution in [0.25, 0.3) is 0 Å². The first kappa shape index (κ1) is 19.0. The summed E-state index contributed by atoms with van der Waals surface area (Å²) in [6.45, 7) is 9.62. The van der Waals surface area contributed by atoms with E-state index in [0.717, 1.165) is 31.3 Å². The average molecular weight is 406 g/mol. The first-order valence-corrected chi connectivity index (χ1v) is 10.3. The summed E-state index contributed by atoms with van der Waals surface area (Å²) in [4.78, 5) is 22.1. The topological polar surface area (TPSA) is 91.2 Å². The fourth-order valence-corrected chi connectivity index (χ4v) is 5.03. The zero-order valence-corrected chi connectivity index (χ0v) is 17.6. The Morgan fingerprint density at radius 2 is 1.97 bits per heavy atom. The van der Waals surface area contributed by atoms with Crippen molar-refractivity contribution in [2.75, 3.05) is 26.2 Å². The van der Waals surface area contributed by atoms with E-state index in [4.69, 9.17) is 4.52 Å². The van der Waals surface area contributed by atoms with Crippen LogP contribution in [0.4, 0.5) is 0 Å². The minimum atomic E-state index is -0.0297. The highest BCUT2D eigenvalue weighted by atomic mass is 16.5. The van der Waals surface area contributed by atoms with Crippen molar-refractivity contribution in [1.82, 2.24) is 30.1 Å². The van der Waals surface area contributed by atoms with Crippen molar-refractivity contribution < 1.29 is 9.32 Å². The van der Waals surface area contributed by atoms with Gasteiger partial charge in [0.05, 0.1) is 5.69 Å². The largest absolute Gasteiger partial charge is 0.361 e. The van der Waals surface area contributed by atoms with Crippen molar-refractivity contribution >= 4 is 5.91 Å². The van der Waals surface area contributed by atoms with Crippen LogP contribution in [0.3, 0.4) is 0 Å². The number of carbonyl (C=O) groups excluding carboxylic acids is 1. The van der Waals surface area contributed by atoms with Crippen LogP contribution < -0.4 is 0 Å². The predicted octanol–water partition coefficient (Wildman–Crippen LogP) is 2.46. The predicted molar refractivity (Wildman–Crippen MR) is 110 cm³/mol. The van der Waals surface area contributed by atoms with Crippen LogP contribution in [0.2, 0.25) is 0 Å². The van der Waals surface area contributed by atoms with Crippen LogP contribution in [-0.2, 0) is 6.54 Å². The molecule has 1 amide bonds. The fraction of sp³-hybridized carbons (Fsp3) is 0.455. The molecule has 2 aliphatic heterocycles. The van der Waals surface area contributed by atoms with Crippen LogP contribution >= 0.6 is 0 Å². The van der Waals surface area contributed by atoms with Gasteiger partial charge in [0, 0.05) is 44.1 Å². The third kappa shape index (κ3) is 3.11. The standard InChI is InChI=1S/C22H26N6O2/c1-14-19(15(2)30-26-14)21(29)28-12-22(13-28)11-27(9-17-7-5-4-6-8-17)10-18(22)20-23-16(3)24-25-20/h4-8,18H,9-13H2,1-3H3,(H,23,24,25). The Hall–Kier alpha value is -3.00. The SMILES string of the molecule is Cc1nc(C2CN(Cc3ccccc3)CC23CN(C(=O)c2c(C)noc2C)C3)n[nH]1. The Morgan fingerprint density at radius 1 is 1.20 bits per heavy atom. The summed E-state index contributed by atoms with van der Waals surface area (Å²) >= 11 is 0. The second kappa shape index (κ2) is 7.05. The molecule has 4 heterocycles. The Bertz CT molecular complexity index is 1050. The lowest BCUT2D eigenvalue weighted by Gasteiger charge is -2.50. The van der Waals surface area contributed by atoms with Gasteiger partial charge in [-0.15, -0.1) is 0 Å². The van der Waals surface area contributed by atoms with Gasteiger partial charge in [-0.3, -0.25) is 14.8 Å². The van der Waals surface area contributed by atoms with Gasteiger partial charge in [-0.05, 0) is 26.3 Å². The van der Waals surface area contributed by atoms with Gasteiger partial charge >= 0.3 is 0 Å². The normalized spacial score (nSPS) is 20.6. The number of benzene rings is 1. The molecule has 5 rings (SSSR count). The molecular weight excluding hydrogens is 380 g/mol. The Balaban J connectivity index is 1.37. The van der Waals surface area contributed by atoms with E-state index in [-0.39, 0.29) is 17.2 Å². The van der Waals surface area contributed by atoms with Crippen LogP contribution in [0.15, 0.2) is 34.9 Å². The number of likely N-dealkylation sites (tertiary alicyclic amines) is 2. The molecule has 30 heavy (non-hydrogen) atoms. The number of H-pyrrole nitrogens is 1. The van der Waals surface area contributed by atoms with Crippen LogP contribution in [0, 0.1) is 26.2 Å². The minimum absolute atomic E-state index is 0.00306. The van der Waals surface area contributed by atoms with Gasteiger partial charge in [-0.2, -0.15) is 5.10 Å². The third-order valence-electron chi connectivity index (χ3n) is 6.44. The minimum Gasteiger partial charge on any atom is -0.361 e. The van der Waals surface area contributed by atoms with E-state index in [2.05, 4.69) is 49.5 Å². The number of aryl methyl sites for hydroxylation is 3. The van der Waals surface area contributed by atoms with Gasteiger partial charge in [-0.1, -0.05) is 35.5 Å². The summed E-state index contributed by atoms with van der Waals surface area (Å²) in [5.74, 6) is 2.46. The Morgan fingerprint density at radius 3 is 2.60 bits per heavy atom. The molecule has 1 N–H and O–H groups in total. The smallest absolute Gasteiger partial charge is 0.259 e. The van der Waals surface area contributed by atoms with Gasteiger partial charge in [0.1, 0.15) is 17.1 Å². The number of nitrogens with zero attached hydrogens (tertiary/aromatic N) is 5. The molecule has 1 atom stereocenters. The molecule has 3 aromatic rings. The molecule has 8 heteroatoms. The number of hydrogen-bond acceptors (Lipinski definition) is 6. The number of hydrogen-bond donors (Lipinski definition) is 1. The Kier molecular flexibility index (Phi) is 4.47. The van der Waals surface area contributed by atoms with E-state index >= 15 is 0 Å². The number of nitrogens with one attached hydrogen (secondary N) is 1. The highest BCUT2D eigenvalue weighted by molar-refractivity contribution is 5.96. The molecule has 0 saturated carbocycles. The van der Waals surface area contributed by atoms with Crippen molar-refractivity contribution in [3.63, 3.8) is 0 Å². The van der Waals surface area contributed by atoms with E-state index in [1.165, 1.54) is 5.56 Å². The molecule has 1 aromatic carbocycles. The van der Waals surface area contributed by atoms with E-state index in [0.29, 0.717) is 30.1 Å². The molecule has 2 fully saturated rings. The molecule has 0 aliphatic carbocycles. The summed E-state index contributed by atoms with van der Waals surface area (Å²) in [6.07, 6.45) is 0. The molecule has 0 bridgehead atoms. The summed E-state index contributed by atoms with van der Waals surface area (Å²) < 4.78 is 5.20. The van der Waals surface area contributed by atoms with E-state index < -0.39 is 0 Å². The molecule has 8 nitrogen and oxygen atoms in total. The first-order chi connectivity index (χ1) is 14.4. The first-order valence-electron chi connectivity index (χ1n) is 10.3. The zero-order chi connectivity index (χ0) is 20.9. The maximum absolute atomic E-state index is 13.1. The monoisotopic (exact) mass is 406 g/mol. The van der Waals surface area contributed by atoms with E-state index in [9.17, 15) is 4.79 Å².